The molecule has 0 fully saturated rings. The van der Waals surface area contributed by atoms with Gasteiger partial charge in [-0.15, -0.1) is 0 Å². The molecule has 1 unspecified atom stereocenters. The standard InChI is InChI=1S/C12H19BrN4O2/c1-7(2)5-14-11(18)8(3)16-9-6-15-17(4)12(19)10(9)13/h6-8,16H,5H2,1-4H3,(H,14,18). The number of anilines is 1. The number of hydrogen-bond acceptors (Lipinski definition) is 4. The maximum atomic E-state index is 11.8. The maximum Gasteiger partial charge on any atom is 0.282 e. The number of carbonyl (C=O) groups is 1. The molecule has 1 heterocycles. The van der Waals surface area contributed by atoms with Crippen molar-refractivity contribution in [3.63, 3.8) is 0 Å². The van der Waals surface area contributed by atoms with Crippen LogP contribution in [-0.4, -0.2) is 28.3 Å². The molecule has 19 heavy (non-hydrogen) atoms. The van der Waals surface area contributed by atoms with Gasteiger partial charge >= 0.3 is 0 Å². The summed E-state index contributed by atoms with van der Waals surface area (Å²) in [6, 6.07) is -0.441. The summed E-state index contributed by atoms with van der Waals surface area (Å²) < 4.78 is 1.59. The zero-order valence-electron chi connectivity index (χ0n) is 11.5. The van der Waals surface area contributed by atoms with E-state index in [4.69, 9.17) is 0 Å². The monoisotopic (exact) mass is 330 g/mol. The van der Waals surface area contributed by atoms with E-state index in [0.717, 1.165) is 0 Å². The highest BCUT2D eigenvalue weighted by molar-refractivity contribution is 9.10. The average molecular weight is 331 g/mol. The van der Waals surface area contributed by atoms with Gasteiger partial charge in [0.2, 0.25) is 5.91 Å². The Labute approximate surface area is 120 Å². The van der Waals surface area contributed by atoms with Crippen molar-refractivity contribution >= 4 is 27.5 Å². The fourth-order valence-corrected chi connectivity index (χ4v) is 1.84. The minimum Gasteiger partial charge on any atom is -0.372 e. The third kappa shape index (κ3) is 4.34. The molecule has 0 saturated heterocycles. The molecular weight excluding hydrogens is 312 g/mol. The largest absolute Gasteiger partial charge is 0.372 e. The van der Waals surface area contributed by atoms with Crippen molar-refractivity contribution in [3.05, 3.63) is 21.0 Å². The topological polar surface area (TPSA) is 76.0 Å². The quantitative estimate of drug-likeness (QED) is 0.848. The Morgan fingerprint density at radius 2 is 2.11 bits per heavy atom. The Hall–Kier alpha value is -1.37. The number of rotatable bonds is 5. The molecule has 2 N–H and O–H groups in total. The summed E-state index contributed by atoms with van der Waals surface area (Å²) in [5.74, 6) is 0.287. The molecule has 0 aliphatic heterocycles. The Morgan fingerprint density at radius 1 is 1.47 bits per heavy atom. The zero-order valence-corrected chi connectivity index (χ0v) is 13.1. The van der Waals surface area contributed by atoms with Crippen molar-refractivity contribution in [1.29, 1.82) is 0 Å². The molecule has 0 saturated carbocycles. The zero-order chi connectivity index (χ0) is 14.6. The SMILES string of the molecule is CC(C)CNC(=O)C(C)Nc1cnn(C)c(=O)c1Br. The lowest BCUT2D eigenvalue weighted by molar-refractivity contribution is -0.121. The lowest BCUT2D eigenvalue weighted by atomic mass is 10.2. The third-order valence-electron chi connectivity index (χ3n) is 2.53. The van der Waals surface area contributed by atoms with Crippen molar-refractivity contribution in [2.45, 2.75) is 26.8 Å². The van der Waals surface area contributed by atoms with E-state index < -0.39 is 6.04 Å². The predicted octanol–water partition coefficient (Wildman–Crippen LogP) is 1.12. The van der Waals surface area contributed by atoms with Crippen LogP contribution in [0, 0.1) is 5.92 Å². The fourth-order valence-electron chi connectivity index (χ4n) is 1.37. The van der Waals surface area contributed by atoms with E-state index in [2.05, 4.69) is 31.7 Å². The van der Waals surface area contributed by atoms with Gasteiger partial charge in [0.25, 0.3) is 5.56 Å². The number of aryl methyl sites for hydroxylation is 1. The molecule has 0 spiro atoms. The molecule has 106 valence electrons. The molecule has 1 aromatic heterocycles. The van der Waals surface area contributed by atoms with Gasteiger partial charge in [0.05, 0.1) is 11.9 Å². The second-order valence-corrected chi connectivity index (χ2v) is 5.60. The van der Waals surface area contributed by atoms with Gasteiger partial charge in [-0.1, -0.05) is 13.8 Å². The van der Waals surface area contributed by atoms with Gasteiger partial charge in [0.15, 0.2) is 0 Å². The van der Waals surface area contributed by atoms with Crippen molar-refractivity contribution < 1.29 is 4.79 Å². The van der Waals surface area contributed by atoms with Crippen molar-refractivity contribution in [3.8, 4) is 0 Å². The molecule has 0 aliphatic rings. The van der Waals surface area contributed by atoms with Crippen LogP contribution in [-0.2, 0) is 11.8 Å². The van der Waals surface area contributed by atoms with E-state index in [-0.39, 0.29) is 11.5 Å². The first-order valence-electron chi connectivity index (χ1n) is 6.09. The van der Waals surface area contributed by atoms with E-state index in [1.165, 1.54) is 10.9 Å². The van der Waals surface area contributed by atoms with Crippen LogP contribution < -0.4 is 16.2 Å². The van der Waals surface area contributed by atoms with Gasteiger partial charge in [0, 0.05) is 13.6 Å². The maximum absolute atomic E-state index is 11.8. The molecule has 1 amide bonds. The van der Waals surface area contributed by atoms with E-state index in [0.29, 0.717) is 22.6 Å². The van der Waals surface area contributed by atoms with Crippen LogP contribution in [0.3, 0.4) is 0 Å². The summed E-state index contributed by atoms with van der Waals surface area (Å²) in [6.45, 7) is 6.42. The van der Waals surface area contributed by atoms with Gasteiger partial charge < -0.3 is 10.6 Å². The minimum absolute atomic E-state index is 0.110. The highest BCUT2D eigenvalue weighted by Gasteiger charge is 2.15. The Morgan fingerprint density at radius 3 is 2.68 bits per heavy atom. The smallest absolute Gasteiger partial charge is 0.282 e. The molecule has 0 aliphatic carbocycles. The van der Waals surface area contributed by atoms with Gasteiger partial charge in [0.1, 0.15) is 10.5 Å². The van der Waals surface area contributed by atoms with Crippen LogP contribution in [0.25, 0.3) is 0 Å². The van der Waals surface area contributed by atoms with E-state index in [1.807, 2.05) is 13.8 Å². The van der Waals surface area contributed by atoms with Crippen LogP contribution in [0.15, 0.2) is 15.5 Å². The Balaban J connectivity index is 2.72. The number of nitrogens with one attached hydrogen (secondary N) is 2. The van der Waals surface area contributed by atoms with Crippen molar-refractivity contribution in [2.75, 3.05) is 11.9 Å². The van der Waals surface area contributed by atoms with Gasteiger partial charge in [-0.2, -0.15) is 5.10 Å². The first-order chi connectivity index (χ1) is 8.82. The van der Waals surface area contributed by atoms with Gasteiger partial charge in [-0.3, -0.25) is 9.59 Å². The van der Waals surface area contributed by atoms with E-state index in [9.17, 15) is 9.59 Å². The van der Waals surface area contributed by atoms with Crippen LogP contribution in [0.4, 0.5) is 5.69 Å². The summed E-state index contributed by atoms with van der Waals surface area (Å²) in [5, 5.41) is 9.70. The highest BCUT2D eigenvalue weighted by atomic mass is 79.9. The summed E-state index contributed by atoms with van der Waals surface area (Å²) in [5.41, 5.74) is 0.259. The van der Waals surface area contributed by atoms with Gasteiger partial charge in [-0.25, -0.2) is 4.68 Å². The van der Waals surface area contributed by atoms with Crippen molar-refractivity contribution in [2.24, 2.45) is 13.0 Å². The Bertz CT molecular complexity index is 513. The fraction of sp³-hybridized carbons (Fsp3) is 0.583. The van der Waals surface area contributed by atoms with Crippen LogP contribution in [0.1, 0.15) is 20.8 Å². The van der Waals surface area contributed by atoms with Crippen molar-refractivity contribution in [1.82, 2.24) is 15.1 Å². The normalized spacial score (nSPS) is 12.3. The van der Waals surface area contributed by atoms with Gasteiger partial charge in [-0.05, 0) is 28.8 Å². The number of amides is 1. The van der Waals surface area contributed by atoms with Crippen LogP contribution >= 0.6 is 15.9 Å². The molecule has 7 heteroatoms. The number of aromatic nitrogens is 2. The molecule has 1 rings (SSSR count). The predicted molar refractivity (Wildman–Crippen MR) is 78.1 cm³/mol. The molecule has 0 aromatic carbocycles. The Kier molecular flexibility index (Phi) is 5.53. The highest BCUT2D eigenvalue weighted by Crippen LogP contribution is 2.16. The number of hydrogen-bond donors (Lipinski definition) is 2. The van der Waals surface area contributed by atoms with Crippen LogP contribution in [0.2, 0.25) is 0 Å². The number of nitrogens with zero attached hydrogens (tertiary/aromatic N) is 2. The summed E-state index contributed by atoms with van der Waals surface area (Å²) in [4.78, 5) is 23.5. The van der Waals surface area contributed by atoms with Crippen LogP contribution in [0.5, 0.6) is 0 Å². The average Bonchev–Trinajstić information content (AvgIpc) is 2.36. The molecule has 1 atom stereocenters. The molecule has 1 aromatic rings. The first kappa shape index (κ1) is 15.7. The lowest BCUT2D eigenvalue weighted by Gasteiger charge is -2.16. The second kappa shape index (κ2) is 6.70. The molecular formula is C12H19BrN4O2. The number of carbonyl (C=O) groups excluding carboxylic acids is 1. The first-order valence-corrected chi connectivity index (χ1v) is 6.88. The lowest BCUT2D eigenvalue weighted by Crippen LogP contribution is -2.39. The van der Waals surface area contributed by atoms with E-state index in [1.54, 1.807) is 14.0 Å². The molecule has 0 bridgehead atoms. The number of halogens is 1. The minimum atomic E-state index is -0.441. The summed E-state index contributed by atoms with van der Waals surface area (Å²) in [7, 11) is 1.57. The summed E-state index contributed by atoms with van der Waals surface area (Å²) >= 11 is 3.20. The third-order valence-corrected chi connectivity index (χ3v) is 3.29. The molecule has 6 nitrogen and oxygen atoms in total. The second-order valence-electron chi connectivity index (χ2n) is 4.81. The van der Waals surface area contributed by atoms with E-state index >= 15 is 0 Å². The molecule has 0 radical (unpaired) electrons. The summed E-state index contributed by atoms with van der Waals surface area (Å²) in [6.07, 6.45) is 1.51.